The Kier molecular flexibility index (Phi) is 2.71. The molecule has 0 saturated carbocycles. The number of methoxy groups -OCH3 is 1. The molecular formula is C17H14O2. The predicted octanol–water partition coefficient (Wildman–Crippen LogP) is 4.09. The molecule has 0 spiro atoms. The maximum absolute atomic E-state index is 12.0. The molecule has 3 aromatic rings. The molecule has 2 heteroatoms. The zero-order valence-electron chi connectivity index (χ0n) is 10.9. The molecule has 0 aromatic heterocycles. The highest BCUT2D eigenvalue weighted by Gasteiger charge is 2.14. The second-order valence-corrected chi connectivity index (χ2v) is 4.63. The van der Waals surface area contributed by atoms with Crippen molar-refractivity contribution in [3.63, 3.8) is 0 Å². The molecule has 2 nitrogen and oxygen atoms in total. The van der Waals surface area contributed by atoms with E-state index in [0.717, 1.165) is 27.1 Å². The Morgan fingerprint density at radius 1 is 1.00 bits per heavy atom. The van der Waals surface area contributed by atoms with Crippen LogP contribution >= 0.6 is 0 Å². The van der Waals surface area contributed by atoms with Crippen LogP contribution in [0.1, 0.15) is 15.9 Å². The molecule has 0 aliphatic rings. The average Bonchev–Trinajstić information content (AvgIpc) is 2.46. The van der Waals surface area contributed by atoms with Gasteiger partial charge in [0.1, 0.15) is 0 Å². The third kappa shape index (κ3) is 1.76. The van der Waals surface area contributed by atoms with Crippen molar-refractivity contribution in [1.29, 1.82) is 0 Å². The van der Waals surface area contributed by atoms with Crippen LogP contribution in [-0.4, -0.2) is 13.1 Å². The molecule has 0 fully saturated rings. The van der Waals surface area contributed by atoms with Gasteiger partial charge in [0.25, 0.3) is 0 Å². The average molecular weight is 250 g/mol. The van der Waals surface area contributed by atoms with E-state index >= 15 is 0 Å². The first-order chi connectivity index (χ1) is 9.22. The highest BCUT2D eigenvalue weighted by molar-refractivity contribution is 6.16. The lowest BCUT2D eigenvalue weighted by atomic mass is 9.94. The lowest BCUT2D eigenvalue weighted by molar-refractivity contribution is 0.0603. The first kappa shape index (κ1) is 11.7. The summed E-state index contributed by atoms with van der Waals surface area (Å²) in [6.07, 6.45) is 0. The minimum Gasteiger partial charge on any atom is -0.465 e. The van der Waals surface area contributed by atoms with Crippen LogP contribution in [0.25, 0.3) is 21.5 Å². The van der Waals surface area contributed by atoms with Gasteiger partial charge in [-0.15, -0.1) is 0 Å². The van der Waals surface area contributed by atoms with Gasteiger partial charge in [-0.1, -0.05) is 42.5 Å². The van der Waals surface area contributed by atoms with Gasteiger partial charge in [-0.25, -0.2) is 4.79 Å². The van der Waals surface area contributed by atoms with E-state index in [4.69, 9.17) is 4.74 Å². The molecule has 0 amide bonds. The van der Waals surface area contributed by atoms with Crippen molar-refractivity contribution in [3.8, 4) is 0 Å². The summed E-state index contributed by atoms with van der Waals surface area (Å²) in [4.78, 5) is 12.0. The van der Waals surface area contributed by atoms with E-state index in [9.17, 15) is 4.79 Å². The third-order valence-corrected chi connectivity index (χ3v) is 3.50. The van der Waals surface area contributed by atoms with E-state index in [1.807, 2.05) is 43.3 Å². The van der Waals surface area contributed by atoms with Crippen LogP contribution < -0.4 is 0 Å². The molecule has 0 aliphatic heterocycles. The zero-order valence-corrected chi connectivity index (χ0v) is 10.9. The van der Waals surface area contributed by atoms with Gasteiger partial charge in [-0.05, 0) is 40.1 Å². The van der Waals surface area contributed by atoms with Crippen LogP contribution in [0.15, 0.2) is 48.5 Å². The smallest absolute Gasteiger partial charge is 0.338 e. The Balaban J connectivity index is 2.55. The summed E-state index contributed by atoms with van der Waals surface area (Å²) in [5.41, 5.74) is 1.72. The number of benzene rings is 3. The number of carbonyl (C=O) groups excluding carboxylic acids is 1. The Morgan fingerprint density at radius 3 is 2.53 bits per heavy atom. The molecule has 19 heavy (non-hydrogen) atoms. The first-order valence-electron chi connectivity index (χ1n) is 6.22. The molecule has 0 aliphatic carbocycles. The highest BCUT2D eigenvalue weighted by Crippen LogP contribution is 2.31. The SMILES string of the molecule is COC(=O)c1cc2ccccc2c2cccc(C)c12. The minimum absolute atomic E-state index is 0.287. The topological polar surface area (TPSA) is 26.3 Å². The second-order valence-electron chi connectivity index (χ2n) is 4.63. The van der Waals surface area contributed by atoms with Crippen LogP contribution in [-0.2, 0) is 4.74 Å². The third-order valence-electron chi connectivity index (χ3n) is 3.50. The van der Waals surface area contributed by atoms with Crippen molar-refractivity contribution in [2.45, 2.75) is 6.92 Å². The van der Waals surface area contributed by atoms with Crippen molar-refractivity contribution >= 4 is 27.5 Å². The first-order valence-corrected chi connectivity index (χ1v) is 6.22. The summed E-state index contributed by atoms with van der Waals surface area (Å²) in [6.45, 7) is 2.02. The maximum Gasteiger partial charge on any atom is 0.338 e. The van der Waals surface area contributed by atoms with Gasteiger partial charge < -0.3 is 4.74 Å². The minimum atomic E-state index is -0.287. The molecule has 0 bridgehead atoms. The molecule has 0 radical (unpaired) electrons. The number of carbonyl (C=O) groups is 1. The normalized spacial score (nSPS) is 10.8. The van der Waals surface area contributed by atoms with E-state index in [1.165, 1.54) is 7.11 Å². The Bertz CT molecular complexity index is 788. The van der Waals surface area contributed by atoms with Gasteiger partial charge in [-0.3, -0.25) is 0 Å². The quantitative estimate of drug-likeness (QED) is 0.480. The molecule has 0 unspecified atom stereocenters. The van der Waals surface area contributed by atoms with Crippen LogP contribution in [0.5, 0.6) is 0 Å². The number of fused-ring (bicyclic) bond motifs is 3. The number of esters is 1. The van der Waals surface area contributed by atoms with Crippen molar-refractivity contribution in [2.75, 3.05) is 7.11 Å². The number of hydrogen-bond acceptors (Lipinski definition) is 2. The van der Waals surface area contributed by atoms with Gasteiger partial charge in [-0.2, -0.15) is 0 Å². The van der Waals surface area contributed by atoms with Crippen LogP contribution in [0.4, 0.5) is 0 Å². The number of hydrogen-bond donors (Lipinski definition) is 0. The lowest BCUT2D eigenvalue weighted by Crippen LogP contribution is -2.03. The summed E-state index contributed by atoms with van der Waals surface area (Å²) in [7, 11) is 1.42. The fourth-order valence-corrected chi connectivity index (χ4v) is 2.62. The van der Waals surface area contributed by atoms with Gasteiger partial charge >= 0.3 is 5.97 Å². The molecule has 3 rings (SSSR count). The van der Waals surface area contributed by atoms with Gasteiger partial charge in [0, 0.05) is 0 Å². The van der Waals surface area contributed by atoms with Crippen LogP contribution in [0.3, 0.4) is 0 Å². The molecule has 0 N–H and O–H groups in total. The molecule has 94 valence electrons. The summed E-state index contributed by atoms with van der Waals surface area (Å²) < 4.78 is 4.91. The lowest BCUT2D eigenvalue weighted by Gasteiger charge is -2.11. The molecule has 0 saturated heterocycles. The molecule has 0 atom stereocenters. The molecule has 3 aromatic carbocycles. The number of aryl methyl sites for hydroxylation is 1. The fourth-order valence-electron chi connectivity index (χ4n) is 2.62. The zero-order chi connectivity index (χ0) is 13.4. The Labute approximate surface area is 111 Å². The summed E-state index contributed by atoms with van der Waals surface area (Å²) in [5, 5.41) is 4.29. The molecule has 0 heterocycles. The van der Waals surface area contributed by atoms with E-state index in [2.05, 4.69) is 12.1 Å². The predicted molar refractivity (Wildman–Crippen MR) is 77.5 cm³/mol. The van der Waals surface area contributed by atoms with Crippen LogP contribution in [0, 0.1) is 6.92 Å². The Morgan fingerprint density at radius 2 is 1.74 bits per heavy atom. The van der Waals surface area contributed by atoms with E-state index in [-0.39, 0.29) is 5.97 Å². The van der Waals surface area contributed by atoms with E-state index in [1.54, 1.807) is 0 Å². The maximum atomic E-state index is 12.0. The van der Waals surface area contributed by atoms with Gasteiger partial charge in [0.2, 0.25) is 0 Å². The standard InChI is InChI=1S/C17H14O2/c1-11-6-5-9-14-13-8-4-3-7-12(13)10-15(16(11)14)17(18)19-2/h3-10H,1-2H3. The van der Waals surface area contributed by atoms with Gasteiger partial charge in [0.15, 0.2) is 0 Å². The van der Waals surface area contributed by atoms with E-state index < -0.39 is 0 Å². The number of ether oxygens (including phenoxy) is 1. The van der Waals surface area contributed by atoms with Crippen molar-refractivity contribution in [3.05, 3.63) is 59.7 Å². The van der Waals surface area contributed by atoms with Crippen LogP contribution in [0.2, 0.25) is 0 Å². The largest absolute Gasteiger partial charge is 0.465 e. The fraction of sp³-hybridized carbons (Fsp3) is 0.118. The number of rotatable bonds is 1. The highest BCUT2D eigenvalue weighted by atomic mass is 16.5. The van der Waals surface area contributed by atoms with Crippen molar-refractivity contribution in [1.82, 2.24) is 0 Å². The summed E-state index contributed by atoms with van der Waals surface area (Å²) in [6, 6.07) is 16.1. The second kappa shape index (κ2) is 4.39. The van der Waals surface area contributed by atoms with E-state index in [0.29, 0.717) is 5.56 Å². The summed E-state index contributed by atoms with van der Waals surface area (Å²) in [5.74, 6) is -0.287. The van der Waals surface area contributed by atoms with Gasteiger partial charge in [0.05, 0.1) is 12.7 Å². The van der Waals surface area contributed by atoms with Crippen molar-refractivity contribution in [2.24, 2.45) is 0 Å². The monoisotopic (exact) mass is 250 g/mol. The molecular weight excluding hydrogens is 236 g/mol. The summed E-state index contributed by atoms with van der Waals surface area (Å²) >= 11 is 0. The Hall–Kier alpha value is -2.35. The van der Waals surface area contributed by atoms with Crippen molar-refractivity contribution < 1.29 is 9.53 Å².